The van der Waals surface area contributed by atoms with Crippen molar-refractivity contribution in [3.05, 3.63) is 0 Å². The molecule has 4 amide bonds. The highest BCUT2D eigenvalue weighted by atomic mass is 16.6. The van der Waals surface area contributed by atoms with E-state index in [0.717, 1.165) is 0 Å². The molecule has 12 nitrogen and oxygen atoms in total. The van der Waals surface area contributed by atoms with Crippen LogP contribution in [0, 0.1) is 0 Å². The van der Waals surface area contributed by atoms with Gasteiger partial charge >= 0.3 is 18.3 Å². The summed E-state index contributed by atoms with van der Waals surface area (Å²) in [6.45, 7) is 17.0. The second kappa shape index (κ2) is 13.2. The fourth-order valence-corrected chi connectivity index (χ4v) is 3.32. The number of ether oxygens (including phenoxy) is 3. The molecule has 0 aliphatic carbocycles. The smallest absolute Gasteiger partial charge is 0.410 e. The number of nitrogens with zero attached hydrogens (tertiary/aromatic N) is 4. The predicted octanol–water partition coefficient (Wildman–Crippen LogP) is 2.50. The number of carbonyl (C=O) groups excluding carboxylic acids is 4. The van der Waals surface area contributed by atoms with Crippen molar-refractivity contribution in [3.63, 3.8) is 0 Å². The summed E-state index contributed by atoms with van der Waals surface area (Å²) in [5, 5.41) is 0. The molecule has 12 heteroatoms. The molecule has 1 aliphatic heterocycles. The maximum Gasteiger partial charge on any atom is 0.410 e. The zero-order valence-corrected chi connectivity index (χ0v) is 24.1. The first-order valence-corrected chi connectivity index (χ1v) is 12.7. The summed E-state index contributed by atoms with van der Waals surface area (Å²) in [5.41, 5.74) is 3.46. The molecule has 1 aliphatic rings. The second-order valence-electron chi connectivity index (χ2n) is 12.0. The Kier molecular flexibility index (Phi) is 11.5. The fraction of sp³-hybridized carbons (Fsp3) is 0.840. The SMILES string of the molecule is CC(C)(C)OC(=O)N1CCN(C(=O)CN)CCN(C(=O)OC(C)(C)C)CCN(C(=O)OC(C)(C)C)CC1. The van der Waals surface area contributed by atoms with Crippen LogP contribution in [-0.4, -0.2) is 119 Å². The van der Waals surface area contributed by atoms with E-state index in [1.54, 1.807) is 62.3 Å². The van der Waals surface area contributed by atoms with Gasteiger partial charge in [0.2, 0.25) is 5.91 Å². The van der Waals surface area contributed by atoms with E-state index in [9.17, 15) is 19.2 Å². The van der Waals surface area contributed by atoms with Crippen molar-refractivity contribution in [3.8, 4) is 0 Å². The number of amides is 4. The zero-order chi connectivity index (χ0) is 28.6. The van der Waals surface area contributed by atoms with Crippen LogP contribution in [0.1, 0.15) is 62.3 Å². The monoisotopic (exact) mass is 529 g/mol. The van der Waals surface area contributed by atoms with Gasteiger partial charge in [-0.05, 0) is 62.3 Å². The maximum atomic E-state index is 13.0. The topological polar surface area (TPSA) is 135 Å². The lowest BCUT2D eigenvalue weighted by Crippen LogP contribution is -2.52. The van der Waals surface area contributed by atoms with Crippen LogP contribution in [0.25, 0.3) is 0 Å². The van der Waals surface area contributed by atoms with Crippen LogP contribution in [0.5, 0.6) is 0 Å². The highest BCUT2D eigenvalue weighted by Crippen LogP contribution is 2.14. The summed E-state index contributed by atoms with van der Waals surface area (Å²) in [5.74, 6) is -0.305. The molecule has 0 spiro atoms. The van der Waals surface area contributed by atoms with Crippen molar-refractivity contribution >= 4 is 24.2 Å². The highest BCUT2D eigenvalue weighted by Gasteiger charge is 2.30. The Morgan fingerprint density at radius 3 is 0.919 bits per heavy atom. The highest BCUT2D eigenvalue weighted by molar-refractivity contribution is 5.78. The lowest BCUT2D eigenvalue weighted by atomic mass is 10.2. The molecular weight excluding hydrogens is 482 g/mol. The third-order valence-corrected chi connectivity index (χ3v) is 5.04. The summed E-state index contributed by atoms with van der Waals surface area (Å²) in [6, 6.07) is 0. The first-order chi connectivity index (χ1) is 16.8. The van der Waals surface area contributed by atoms with Crippen LogP contribution in [0.4, 0.5) is 14.4 Å². The number of carbonyl (C=O) groups is 4. The summed E-state index contributed by atoms with van der Waals surface area (Å²) < 4.78 is 16.7. The molecule has 214 valence electrons. The van der Waals surface area contributed by atoms with Gasteiger partial charge in [0.25, 0.3) is 0 Å². The van der Waals surface area contributed by atoms with Gasteiger partial charge in [-0.15, -0.1) is 0 Å². The quantitative estimate of drug-likeness (QED) is 0.512. The minimum absolute atomic E-state index is 0.140. The van der Waals surface area contributed by atoms with E-state index in [-0.39, 0.29) is 64.8 Å². The van der Waals surface area contributed by atoms with E-state index in [1.165, 1.54) is 19.6 Å². The lowest BCUT2D eigenvalue weighted by molar-refractivity contribution is -0.130. The van der Waals surface area contributed by atoms with Crippen molar-refractivity contribution in [2.24, 2.45) is 5.73 Å². The average molecular weight is 530 g/mol. The molecule has 0 aromatic heterocycles. The molecule has 0 bridgehead atoms. The summed E-state index contributed by atoms with van der Waals surface area (Å²) in [4.78, 5) is 57.3. The molecule has 1 heterocycles. The number of hydrogen-bond donors (Lipinski definition) is 1. The first kappa shape index (κ1) is 32.3. The van der Waals surface area contributed by atoms with Gasteiger partial charge in [-0.1, -0.05) is 0 Å². The van der Waals surface area contributed by atoms with Crippen molar-refractivity contribution in [1.29, 1.82) is 0 Å². The Morgan fingerprint density at radius 2 is 0.730 bits per heavy atom. The Bertz CT molecular complexity index is 755. The molecule has 0 aromatic carbocycles. The molecule has 0 atom stereocenters. The number of hydrogen-bond acceptors (Lipinski definition) is 8. The van der Waals surface area contributed by atoms with E-state index < -0.39 is 35.1 Å². The van der Waals surface area contributed by atoms with Crippen molar-refractivity contribution in [1.82, 2.24) is 19.6 Å². The van der Waals surface area contributed by atoms with Gasteiger partial charge in [-0.25, -0.2) is 14.4 Å². The average Bonchev–Trinajstić information content (AvgIpc) is 2.69. The van der Waals surface area contributed by atoms with Crippen LogP contribution in [0.2, 0.25) is 0 Å². The molecule has 0 unspecified atom stereocenters. The van der Waals surface area contributed by atoms with Crippen LogP contribution in [0.3, 0.4) is 0 Å². The van der Waals surface area contributed by atoms with Gasteiger partial charge in [-0.3, -0.25) is 4.79 Å². The largest absolute Gasteiger partial charge is 0.444 e. The molecular formula is C25H47N5O7. The van der Waals surface area contributed by atoms with Crippen LogP contribution in [0.15, 0.2) is 0 Å². The normalized spacial score (nSPS) is 16.9. The van der Waals surface area contributed by atoms with Gasteiger partial charge in [0, 0.05) is 52.4 Å². The third kappa shape index (κ3) is 12.9. The predicted molar refractivity (Wildman–Crippen MR) is 139 cm³/mol. The van der Waals surface area contributed by atoms with Crippen LogP contribution < -0.4 is 5.73 Å². The van der Waals surface area contributed by atoms with E-state index in [4.69, 9.17) is 19.9 Å². The zero-order valence-electron chi connectivity index (χ0n) is 24.1. The molecule has 2 N–H and O–H groups in total. The Labute approximate surface area is 221 Å². The van der Waals surface area contributed by atoms with Gasteiger partial charge in [0.15, 0.2) is 0 Å². The Balaban J connectivity index is 3.27. The van der Waals surface area contributed by atoms with E-state index in [0.29, 0.717) is 0 Å². The number of nitrogens with two attached hydrogens (primary N) is 1. The first-order valence-electron chi connectivity index (χ1n) is 12.7. The lowest BCUT2D eigenvalue weighted by Gasteiger charge is -2.35. The summed E-state index contributed by atoms with van der Waals surface area (Å²) in [7, 11) is 0. The molecule has 1 saturated heterocycles. The molecule has 37 heavy (non-hydrogen) atoms. The molecule has 0 saturated carbocycles. The molecule has 1 rings (SSSR count). The Hall–Kier alpha value is -2.76. The third-order valence-electron chi connectivity index (χ3n) is 5.04. The van der Waals surface area contributed by atoms with Crippen LogP contribution in [-0.2, 0) is 19.0 Å². The van der Waals surface area contributed by atoms with Crippen LogP contribution >= 0.6 is 0 Å². The maximum absolute atomic E-state index is 13.0. The van der Waals surface area contributed by atoms with Gasteiger partial charge in [-0.2, -0.15) is 0 Å². The van der Waals surface area contributed by atoms with E-state index in [1.807, 2.05) is 0 Å². The summed E-state index contributed by atoms with van der Waals surface area (Å²) in [6.07, 6.45) is -1.66. The summed E-state index contributed by atoms with van der Waals surface area (Å²) >= 11 is 0. The minimum atomic E-state index is -0.723. The number of rotatable bonds is 1. The van der Waals surface area contributed by atoms with Gasteiger partial charge in [0.1, 0.15) is 16.8 Å². The van der Waals surface area contributed by atoms with E-state index >= 15 is 0 Å². The van der Waals surface area contributed by atoms with Crippen molar-refractivity contribution < 1.29 is 33.4 Å². The standard InChI is InChI=1S/C25H47N5O7/c1-23(2,3)35-20(32)28-12-10-27(19(31)18-26)11-13-29(21(33)36-24(4,5)6)15-17-30(16-14-28)22(34)37-25(7,8)9/h10-18,26H2,1-9H3. The molecule has 0 radical (unpaired) electrons. The Morgan fingerprint density at radius 1 is 0.514 bits per heavy atom. The van der Waals surface area contributed by atoms with Gasteiger partial charge in [0.05, 0.1) is 6.54 Å². The van der Waals surface area contributed by atoms with Gasteiger partial charge < -0.3 is 39.5 Å². The minimum Gasteiger partial charge on any atom is -0.444 e. The second-order valence-corrected chi connectivity index (χ2v) is 12.0. The molecule has 0 aromatic rings. The molecule has 1 fully saturated rings. The van der Waals surface area contributed by atoms with Crippen molar-refractivity contribution in [2.75, 3.05) is 58.9 Å². The van der Waals surface area contributed by atoms with Crippen molar-refractivity contribution in [2.45, 2.75) is 79.1 Å². The van der Waals surface area contributed by atoms with E-state index in [2.05, 4.69) is 0 Å². The fourth-order valence-electron chi connectivity index (χ4n) is 3.32.